The van der Waals surface area contributed by atoms with Gasteiger partial charge in [-0.15, -0.1) is 0 Å². The minimum absolute atomic E-state index is 0.595. The van der Waals surface area contributed by atoms with Crippen LogP contribution >= 0.6 is 0 Å². The Kier molecular flexibility index (Phi) is 8.73. The highest BCUT2D eigenvalue weighted by Gasteiger charge is 2.14. The summed E-state index contributed by atoms with van der Waals surface area (Å²) in [5.41, 5.74) is 2.16. The second kappa shape index (κ2) is 11.3. The summed E-state index contributed by atoms with van der Waals surface area (Å²) in [6.45, 7) is 1.39. The molecule has 0 spiro atoms. The lowest BCUT2D eigenvalue weighted by Gasteiger charge is -2.14. The van der Waals surface area contributed by atoms with E-state index in [1.54, 1.807) is 42.7 Å². The van der Waals surface area contributed by atoms with Crippen LogP contribution in [0.2, 0.25) is 0 Å². The zero-order valence-corrected chi connectivity index (χ0v) is 18.0. The lowest BCUT2D eigenvalue weighted by atomic mass is 10.1. The molecule has 0 aliphatic heterocycles. The van der Waals surface area contributed by atoms with E-state index in [0.717, 1.165) is 24.0 Å². The zero-order valence-electron chi connectivity index (χ0n) is 18.0. The summed E-state index contributed by atoms with van der Waals surface area (Å²) >= 11 is 0. The van der Waals surface area contributed by atoms with Crippen molar-refractivity contribution in [1.29, 1.82) is 0 Å². The van der Waals surface area contributed by atoms with Crippen LogP contribution in [0.1, 0.15) is 11.1 Å². The third kappa shape index (κ3) is 5.60. The van der Waals surface area contributed by atoms with Crippen LogP contribution in [0.3, 0.4) is 0 Å². The molecule has 0 fully saturated rings. The first-order valence-electron chi connectivity index (χ1n) is 9.32. The number of hydrogen-bond donors (Lipinski definition) is 0. The lowest BCUT2D eigenvalue weighted by Crippen LogP contribution is -2.13. The molecule has 0 aliphatic rings. The smallest absolute Gasteiger partial charge is 0.203 e. The summed E-state index contributed by atoms with van der Waals surface area (Å²) in [7, 11) is 9.65. The second-order valence-electron chi connectivity index (χ2n) is 6.24. The van der Waals surface area contributed by atoms with Crippen LogP contribution in [0.4, 0.5) is 0 Å². The van der Waals surface area contributed by atoms with Gasteiger partial charge in [0.1, 0.15) is 0 Å². The number of hydrogen-bond acceptors (Lipinski definition) is 6. The molecule has 2 aromatic carbocycles. The summed E-state index contributed by atoms with van der Waals surface area (Å²) in [5.74, 6) is 3.80. The van der Waals surface area contributed by atoms with Gasteiger partial charge in [0.2, 0.25) is 11.5 Å². The SMILES string of the molecule is COc1cc(CC[N]CCc2cc(OC)c(OC)c(OC)c2)cc(OC)c1OC. The van der Waals surface area contributed by atoms with Gasteiger partial charge in [0.15, 0.2) is 23.0 Å². The molecular formula is C22H30NO6. The Hall–Kier alpha value is -2.80. The fourth-order valence-electron chi connectivity index (χ4n) is 3.09. The first-order valence-corrected chi connectivity index (χ1v) is 9.32. The Bertz CT molecular complexity index is 677. The molecule has 159 valence electrons. The van der Waals surface area contributed by atoms with Gasteiger partial charge < -0.3 is 28.4 Å². The van der Waals surface area contributed by atoms with Crippen molar-refractivity contribution in [3.05, 3.63) is 35.4 Å². The summed E-state index contributed by atoms with van der Waals surface area (Å²) in [4.78, 5) is 0. The molecule has 0 N–H and O–H groups in total. The summed E-state index contributed by atoms with van der Waals surface area (Å²) < 4.78 is 32.3. The third-order valence-corrected chi connectivity index (χ3v) is 4.57. The minimum atomic E-state index is 0.595. The topological polar surface area (TPSA) is 69.5 Å². The fourth-order valence-corrected chi connectivity index (χ4v) is 3.09. The molecule has 0 bridgehead atoms. The van der Waals surface area contributed by atoms with E-state index in [2.05, 4.69) is 5.32 Å². The van der Waals surface area contributed by atoms with Crippen LogP contribution in [0.25, 0.3) is 0 Å². The van der Waals surface area contributed by atoms with Crippen molar-refractivity contribution in [2.45, 2.75) is 12.8 Å². The highest BCUT2D eigenvalue weighted by atomic mass is 16.5. The Balaban J connectivity index is 1.93. The van der Waals surface area contributed by atoms with Crippen LogP contribution in [0, 0.1) is 0 Å². The number of nitrogens with zero attached hydrogens (tertiary/aromatic N) is 1. The van der Waals surface area contributed by atoms with Crippen LogP contribution in [0.15, 0.2) is 24.3 Å². The van der Waals surface area contributed by atoms with Gasteiger partial charge in [-0.1, -0.05) is 0 Å². The zero-order chi connectivity index (χ0) is 21.2. The Morgan fingerprint density at radius 2 is 0.828 bits per heavy atom. The van der Waals surface area contributed by atoms with Crippen molar-refractivity contribution in [1.82, 2.24) is 5.32 Å². The third-order valence-electron chi connectivity index (χ3n) is 4.57. The van der Waals surface area contributed by atoms with Crippen molar-refractivity contribution in [2.75, 3.05) is 55.7 Å². The number of rotatable bonds is 12. The molecule has 7 nitrogen and oxygen atoms in total. The van der Waals surface area contributed by atoms with Gasteiger partial charge in [0.05, 0.1) is 42.7 Å². The number of ether oxygens (including phenoxy) is 6. The van der Waals surface area contributed by atoms with Gasteiger partial charge in [-0.05, 0) is 48.2 Å². The first-order chi connectivity index (χ1) is 14.1. The highest BCUT2D eigenvalue weighted by molar-refractivity contribution is 5.54. The van der Waals surface area contributed by atoms with E-state index in [1.807, 2.05) is 24.3 Å². The van der Waals surface area contributed by atoms with Gasteiger partial charge >= 0.3 is 0 Å². The molecule has 1 radical (unpaired) electrons. The van der Waals surface area contributed by atoms with Crippen molar-refractivity contribution in [3.8, 4) is 34.5 Å². The molecule has 2 rings (SSSR count). The summed E-state index contributed by atoms with van der Waals surface area (Å²) in [6.07, 6.45) is 1.57. The maximum Gasteiger partial charge on any atom is 0.203 e. The molecule has 0 saturated heterocycles. The van der Waals surface area contributed by atoms with Crippen LogP contribution in [-0.4, -0.2) is 55.7 Å². The largest absolute Gasteiger partial charge is 0.493 e. The normalized spacial score (nSPS) is 10.4. The predicted octanol–water partition coefficient (Wildman–Crippen LogP) is 3.13. The monoisotopic (exact) mass is 404 g/mol. The van der Waals surface area contributed by atoms with E-state index in [0.29, 0.717) is 47.6 Å². The van der Waals surface area contributed by atoms with Gasteiger partial charge in [0.25, 0.3) is 0 Å². The Morgan fingerprint density at radius 3 is 1.07 bits per heavy atom. The van der Waals surface area contributed by atoms with E-state index in [-0.39, 0.29) is 0 Å². The van der Waals surface area contributed by atoms with Crippen molar-refractivity contribution < 1.29 is 28.4 Å². The average molecular weight is 404 g/mol. The fraction of sp³-hybridized carbons (Fsp3) is 0.455. The van der Waals surface area contributed by atoms with Gasteiger partial charge in [0, 0.05) is 13.1 Å². The van der Waals surface area contributed by atoms with Crippen LogP contribution in [-0.2, 0) is 12.8 Å². The molecule has 0 unspecified atom stereocenters. The lowest BCUT2D eigenvalue weighted by molar-refractivity contribution is 0.323. The molecule has 29 heavy (non-hydrogen) atoms. The quantitative estimate of drug-likeness (QED) is 0.506. The average Bonchev–Trinajstić information content (AvgIpc) is 2.76. The van der Waals surface area contributed by atoms with Crippen molar-refractivity contribution >= 4 is 0 Å². The van der Waals surface area contributed by atoms with E-state index >= 15 is 0 Å². The van der Waals surface area contributed by atoms with E-state index in [9.17, 15) is 0 Å². The van der Waals surface area contributed by atoms with Crippen molar-refractivity contribution in [3.63, 3.8) is 0 Å². The highest BCUT2D eigenvalue weighted by Crippen LogP contribution is 2.39. The maximum absolute atomic E-state index is 5.40. The van der Waals surface area contributed by atoms with Crippen molar-refractivity contribution in [2.24, 2.45) is 0 Å². The van der Waals surface area contributed by atoms with E-state index in [4.69, 9.17) is 28.4 Å². The van der Waals surface area contributed by atoms with Gasteiger partial charge in [-0.2, -0.15) is 0 Å². The molecule has 0 saturated carbocycles. The summed E-state index contributed by atoms with van der Waals surface area (Å²) in [6, 6.07) is 7.82. The second-order valence-corrected chi connectivity index (χ2v) is 6.24. The molecule has 0 amide bonds. The Labute approximate surface area is 172 Å². The van der Waals surface area contributed by atoms with Gasteiger partial charge in [-0.25, -0.2) is 5.32 Å². The molecule has 0 aliphatic carbocycles. The molecule has 2 aromatic rings. The predicted molar refractivity (Wildman–Crippen MR) is 111 cm³/mol. The molecule has 7 heteroatoms. The van der Waals surface area contributed by atoms with E-state index in [1.165, 1.54) is 0 Å². The molecular weight excluding hydrogens is 374 g/mol. The molecule has 0 aromatic heterocycles. The number of benzene rings is 2. The maximum atomic E-state index is 5.40. The standard InChI is InChI=1S/C22H30NO6/c1-24-17-11-15(12-18(25-2)21(17)28-5)7-9-23-10-8-16-13-19(26-3)22(29-6)20(14-16)27-4/h11-14H,7-10H2,1-6H3. The molecule has 0 heterocycles. The van der Waals surface area contributed by atoms with Crippen LogP contribution in [0.5, 0.6) is 34.5 Å². The minimum Gasteiger partial charge on any atom is -0.493 e. The Morgan fingerprint density at radius 1 is 0.517 bits per heavy atom. The number of methoxy groups -OCH3 is 6. The molecule has 0 atom stereocenters. The van der Waals surface area contributed by atoms with E-state index < -0.39 is 0 Å². The van der Waals surface area contributed by atoms with Gasteiger partial charge in [-0.3, -0.25) is 0 Å². The first kappa shape index (κ1) is 22.5. The van der Waals surface area contributed by atoms with Crippen LogP contribution < -0.4 is 33.7 Å². The summed E-state index contributed by atoms with van der Waals surface area (Å²) in [5, 5.41) is 4.64.